The number of anilines is 2. The monoisotopic (exact) mass is 414 g/mol. The lowest BCUT2D eigenvalue weighted by molar-refractivity contribution is 0.624. The van der Waals surface area contributed by atoms with E-state index in [2.05, 4.69) is 19.8 Å². The molecule has 0 radical (unpaired) electrons. The number of halogens is 2. The maximum Gasteiger partial charge on any atom is 0.133 e. The minimum absolute atomic E-state index is 0.204. The molecule has 0 unspecified atom stereocenters. The van der Waals surface area contributed by atoms with Gasteiger partial charge >= 0.3 is 0 Å². The van der Waals surface area contributed by atoms with E-state index >= 15 is 0 Å². The average Bonchev–Trinajstić information content (AvgIpc) is 2.74. The molecule has 1 aromatic heterocycles. The van der Waals surface area contributed by atoms with Crippen molar-refractivity contribution < 1.29 is 4.39 Å². The molecular weight excluding hydrogens is 395 g/mol. The predicted molar refractivity (Wildman–Crippen MR) is 114 cm³/mol. The molecule has 4 rings (SSSR count). The second-order valence-electron chi connectivity index (χ2n) is 6.55. The largest absolute Gasteiger partial charge is 0.368 e. The fraction of sp³-hybridized carbons (Fsp3) is 0.238. The number of aromatic nitrogens is 2. The second kappa shape index (κ2) is 8.80. The van der Waals surface area contributed by atoms with E-state index in [0.717, 1.165) is 59.0 Å². The summed E-state index contributed by atoms with van der Waals surface area (Å²) in [5.41, 5.74) is 2.15. The molecule has 0 saturated carbocycles. The summed E-state index contributed by atoms with van der Waals surface area (Å²) >= 11 is 7.89. The van der Waals surface area contributed by atoms with Crippen LogP contribution in [0.25, 0.3) is 0 Å². The van der Waals surface area contributed by atoms with Crippen molar-refractivity contribution in [1.29, 1.82) is 0 Å². The lowest BCUT2D eigenvalue weighted by Gasteiger charge is -2.36. The number of piperazine rings is 1. The molecule has 1 fully saturated rings. The van der Waals surface area contributed by atoms with Crippen LogP contribution in [0.3, 0.4) is 0 Å². The maximum atomic E-state index is 13.1. The van der Waals surface area contributed by atoms with Crippen LogP contribution < -0.4 is 9.80 Å². The van der Waals surface area contributed by atoms with Crippen molar-refractivity contribution in [1.82, 2.24) is 9.97 Å². The third-order valence-electron chi connectivity index (χ3n) is 4.76. The van der Waals surface area contributed by atoms with Crippen molar-refractivity contribution in [2.24, 2.45) is 0 Å². The van der Waals surface area contributed by atoms with Crippen LogP contribution in [-0.4, -0.2) is 36.1 Å². The first-order valence-electron chi connectivity index (χ1n) is 9.13. The minimum atomic E-state index is -0.204. The van der Waals surface area contributed by atoms with Crippen LogP contribution in [0.1, 0.15) is 5.56 Å². The SMILES string of the molecule is Fc1ccc(N2CCN(c3cc(SCc4ccccc4Cl)ncn3)CC2)cc1. The van der Waals surface area contributed by atoms with Crippen LogP contribution in [0.4, 0.5) is 15.9 Å². The molecule has 3 aromatic rings. The van der Waals surface area contributed by atoms with Gasteiger partial charge < -0.3 is 9.80 Å². The van der Waals surface area contributed by atoms with Gasteiger partial charge in [0.25, 0.3) is 0 Å². The Bertz CT molecular complexity index is 930. The number of benzene rings is 2. The highest BCUT2D eigenvalue weighted by Crippen LogP contribution is 2.27. The molecule has 4 nitrogen and oxygen atoms in total. The van der Waals surface area contributed by atoms with E-state index in [1.807, 2.05) is 42.5 Å². The van der Waals surface area contributed by atoms with E-state index in [9.17, 15) is 4.39 Å². The number of hydrogen-bond acceptors (Lipinski definition) is 5. The maximum absolute atomic E-state index is 13.1. The van der Waals surface area contributed by atoms with E-state index in [4.69, 9.17) is 11.6 Å². The van der Waals surface area contributed by atoms with E-state index in [-0.39, 0.29) is 5.82 Å². The van der Waals surface area contributed by atoms with Gasteiger partial charge in [-0.2, -0.15) is 0 Å². The Labute approximate surface area is 173 Å². The van der Waals surface area contributed by atoms with E-state index < -0.39 is 0 Å². The van der Waals surface area contributed by atoms with Crippen LogP contribution in [0.2, 0.25) is 5.02 Å². The number of nitrogens with zero attached hydrogens (tertiary/aromatic N) is 4. The quantitative estimate of drug-likeness (QED) is 0.438. The first kappa shape index (κ1) is 19.0. The molecule has 0 amide bonds. The topological polar surface area (TPSA) is 32.3 Å². The van der Waals surface area contributed by atoms with E-state index in [1.54, 1.807) is 18.1 Å². The van der Waals surface area contributed by atoms with Gasteiger partial charge in [-0.1, -0.05) is 29.8 Å². The Balaban J connectivity index is 1.37. The molecule has 0 spiro atoms. The number of thioether (sulfide) groups is 1. The summed E-state index contributed by atoms with van der Waals surface area (Å²) in [5.74, 6) is 1.51. The summed E-state index contributed by atoms with van der Waals surface area (Å²) in [5, 5.41) is 1.71. The molecule has 2 aromatic carbocycles. The molecule has 1 saturated heterocycles. The standard InChI is InChI=1S/C21H20ClFN4S/c22-19-4-2-1-3-16(19)14-28-21-13-20(24-15-25-21)27-11-9-26(10-12-27)18-7-5-17(23)6-8-18/h1-8,13,15H,9-12,14H2. The predicted octanol–water partition coefficient (Wildman–Crippen LogP) is 4.89. The van der Waals surface area contributed by atoms with Gasteiger partial charge in [0.2, 0.25) is 0 Å². The molecular formula is C21H20ClFN4S. The summed E-state index contributed by atoms with van der Waals surface area (Å²) in [6, 6.07) is 16.6. The summed E-state index contributed by atoms with van der Waals surface area (Å²) in [6.45, 7) is 3.47. The van der Waals surface area contributed by atoms with Crippen molar-refractivity contribution >= 4 is 34.9 Å². The average molecular weight is 415 g/mol. The highest BCUT2D eigenvalue weighted by atomic mass is 35.5. The first-order chi connectivity index (χ1) is 13.7. The molecule has 0 N–H and O–H groups in total. The molecule has 1 aliphatic rings. The number of rotatable bonds is 5. The summed E-state index contributed by atoms with van der Waals surface area (Å²) in [7, 11) is 0. The van der Waals surface area contributed by atoms with Crippen molar-refractivity contribution in [3.8, 4) is 0 Å². The number of hydrogen-bond donors (Lipinski definition) is 0. The zero-order valence-corrected chi connectivity index (χ0v) is 16.8. The van der Waals surface area contributed by atoms with Crippen LogP contribution in [0.5, 0.6) is 0 Å². The van der Waals surface area contributed by atoms with Gasteiger partial charge in [0.15, 0.2) is 0 Å². The van der Waals surface area contributed by atoms with Gasteiger partial charge in [-0.3, -0.25) is 0 Å². The van der Waals surface area contributed by atoms with Crippen molar-refractivity contribution in [2.75, 3.05) is 36.0 Å². The van der Waals surface area contributed by atoms with E-state index in [0.29, 0.717) is 0 Å². The zero-order valence-electron chi connectivity index (χ0n) is 15.3. The Hall–Kier alpha value is -2.31. The summed E-state index contributed by atoms with van der Waals surface area (Å²) in [6.07, 6.45) is 1.62. The van der Waals surface area contributed by atoms with Crippen LogP contribution in [0, 0.1) is 5.82 Å². The Morgan fingerprint density at radius 3 is 2.39 bits per heavy atom. The Morgan fingerprint density at radius 1 is 0.929 bits per heavy atom. The van der Waals surface area contributed by atoms with Gasteiger partial charge in [-0.15, -0.1) is 11.8 Å². The first-order valence-corrected chi connectivity index (χ1v) is 10.5. The normalized spacial score (nSPS) is 14.4. The fourth-order valence-electron chi connectivity index (χ4n) is 3.19. The van der Waals surface area contributed by atoms with Crippen LogP contribution in [0.15, 0.2) is 66.0 Å². The van der Waals surface area contributed by atoms with E-state index in [1.165, 1.54) is 12.1 Å². The van der Waals surface area contributed by atoms with Crippen LogP contribution >= 0.6 is 23.4 Å². The summed E-state index contributed by atoms with van der Waals surface area (Å²) in [4.78, 5) is 13.4. The van der Waals surface area contributed by atoms with Gasteiger partial charge in [0, 0.05) is 48.7 Å². The zero-order chi connectivity index (χ0) is 19.3. The Morgan fingerprint density at radius 2 is 1.64 bits per heavy atom. The lowest BCUT2D eigenvalue weighted by Crippen LogP contribution is -2.46. The van der Waals surface area contributed by atoms with Gasteiger partial charge in [0.1, 0.15) is 23.0 Å². The smallest absolute Gasteiger partial charge is 0.133 e. The van der Waals surface area contributed by atoms with Crippen molar-refractivity contribution in [3.05, 3.63) is 77.3 Å². The molecule has 7 heteroatoms. The third-order valence-corrected chi connectivity index (χ3v) is 6.10. The van der Waals surface area contributed by atoms with Gasteiger partial charge in [-0.25, -0.2) is 14.4 Å². The highest BCUT2D eigenvalue weighted by molar-refractivity contribution is 7.98. The molecule has 1 aliphatic heterocycles. The molecule has 2 heterocycles. The highest BCUT2D eigenvalue weighted by Gasteiger charge is 2.19. The fourth-order valence-corrected chi connectivity index (χ4v) is 4.34. The lowest BCUT2D eigenvalue weighted by atomic mass is 10.2. The molecule has 144 valence electrons. The molecule has 0 aliphatic carbocycles. The van der Waals surface area contributed by atoms with Crippen molar-refractivity contribution in [2.45, 2.75) is 10.8 Å². The molecule has 0 atom stereocenters. The Kier molecular flexibility index (Phi) is 5.98. The van der Waals surface area contributed by atoms with Crippen LogP contribution in [-0.2, 0) is 5.75 Å². The summed E-state index contributed by atoms with van der Waals surface area (Å²) < 4.78 is 13.1. The van der Waals surface area contributed by atoms with Gasteiger partial charge in [0.05, 0.1) is 0 Å². The second-order valence-corrected chi connectivity index (χ2v) is 7.95. The third kappa shape index (κ3) is 4.56. The van der Waals surface area contributed by atoms with Gasteiger partial charge in [-0.05, 0) is 35.9 Å². The minimum Gasteiger partial charge on any atom is -0.368 e. The molecule has 28 heavy (non-hydrogen) atoms. The van der Waals surface area contributed by atoms with Crippen molar-refractivity contribution in [3.63, 3.8) is 0 Å². The molecule has 0 bridgehead atoms.